The largest absolute Gasteiger partial charge is 0.484 e. The fourth-order valence-electron chi connectivity index (χ4n) is 2.75. The van der Waals surface area contributed by atoms with Gasteiger partial charge in [0, 0.05) is 24.7 Å². The number of ether oxygens (including phenoxy) is 1. The third kappa shape index (κ3) is 7.02. The standard InChI is InChI=1S/C22H26F2N4O2/c1-2-25-22(27-13-16-11-17(23)6-9-20(16)24)26-12-15-4-3-5-19(10-15)30-14-21(29)28-18-7-8-18/h3-6,9-11,18H,2,7-8,12-14H2,1H3,(H,28,29)(H2,25,26,27). The number of carbonyl (C=O) groups is 1. The van der Waals surface area contributed by atoms with E-state index in [1.54, 1.807) is 6.07 Å². The van der Waals surface area contributed by atoms with Crippen LogP contribution in [0.1, 0.15) is 30.9 Å². The predicted molar refractivity (Wildman–Crippen MR) is 111 cm³/mol. The molecule has 0 saturated heterocycles. The average Bonchev–Trinajstić information content (AvgIpc) is 3.55. The van der Waals surface area contributed by atoms with Gasteiger partial charge in [-0.1, -0.05) is 12.1 Å². The molecular weight excluding hydrogens is 390 g/mol. The third-order valence-corrected chi connectivity index (χ3v) is 4.43. The molecule has 0 radical (unpaired) electrons. The van der Waals surface area contributed by atoms with E-state index in [0.29, 0.717) is 30.8 Å². The minimum absolute atomic E-state index is 0.0212. The Morgan fingerprint density at radius 1 is 1.17 bits per heavy atom. The van der Waals surface area contributed by atoms with Crippen LogP contribution in [-0.2, 0) is 17.9 Å². The Kier molecular flexibility index (Phi) is 7.59. The summed E-state index contributed by atoms with van der Waals surface area (Å²) in [5, 5.41) is 8.95. The van der Waals surface area contributed by atoms with E-state index in [0.717, 1.165) is 36.6 Å². The number of carbonyl (C=O) groups excluding carboxylic acids is 1. The maximum atomic E-state index is 13.8. The average molecular weight is 416 g/mol. The summed E-state index contributed by atoms with van der Waals surface area (Å²) in [7, 11) is 0. The Hall–Kier alpha value is -3.16. The first-order chi connectivity index (χ1) is 14.5. The zero-order valence-electron chi connectivity index (χ0n) is 16.9. The second-order valence-corrected chi connectivity index (χ2v) is 7.06. The summed E-state index contributed by atoms with van der Waals surface area (Å²) in [5.41, 5.74) is 1.12. The highest BCUT2D eigenvalue weighted by atomic mass is 19.1. The zero-order valence-corrected chi connectivity index (χ0v) is 16.9. The van der Waals surface area contributed by atoms with Gasteiger partial charge in [-0.3, -0.25) is 4.79 Å². The number of hydrogen-bond acceptors (Lipinski definition) is 3. The van der Waals surface area contributed by atoms with Crippen molar-refractivity contribution in [3.63, 3.8) is 0 Å². The number of halogens is 2. The number of benzene rings is 2. The molecule has 1 aliphatic carbocycles. The lowest BCUT2D eigenvalue weighted by Crippen LogP contribution is -2.37. The normalized spacial score (nSPS) is 13.6. The quantitative estimate of drug-likeness (QED) is 0.434. The Morgan fingerprint density at radius 3 is 2.77 bits per heavy atom. The molecule has 0 spiro atoms. The predicted octanol–water partition coefficient (Wildman–Crippen LogP) is 2.88. The fourth-order valence-corrected chi connectivity index (χ4v) is 2.75. The summed E-state index contributed by atoms with van der Waals surface area (Å²) in [6.45, 7) is 2.98. The van der Waals surface area contributed by atoms with Crippen LogP contribution in [0.3, 0.4) is 0 Å². The molecule has 0 unspecified atom stereocenters. The van der Waals surface area contributed by atoms with Crippen LogP contribution in [0.2, 0.25) is 0 Å². The van der Waals surface area contributed by atoms with E-state index in [1.165, 1.54) is 0 Å². The Bertz CT molecular complexity index is 900. The maximum absolute atomic E-state index is 13.8. The molecule has 1 fully saturated rings. The van der Waals surface area contributed by atoms with Crippen molar-refractivity contribution in [2.75, 3.05) is 13.2 Å². The smallest absolute Gasteiger partial charge is 0.258 e. The molecule has 6 nitrogen and oxygen atoms in total. The van der Waals surface area contributed by atoms with E-state index in [2.05, 4.69) is 20.9 Å². The number of amides is 1. The molecule has 0 atom stereocenters. The molecule has 3 rings (SSSR count). The first-order valence-electron chi connectivity index (χ1n) is 10.0. The summed E-state index contributed by atoms with van der Waals surface area (Å²) in [6, 6.07) is 11.0. The van der Waals surface area contributed by atoms with Gasteiger partial charge >= 0.3 is 0 Å². The molecule has 2 aromatic rings. The zero-order chi connectivity index (χ0) is 21.3. The molecule has 2 aromatic carbocycles. The number of guanidine groups is 1. The van der Waals surface area contributed by atoms with Crippen molar-refractivity contribution in [2.24, 2.45) is 4.99 Å². The van der Waals surface area contributed by atoms with Gasteiger partial charge in [-0.05, 0) is 55.7 Å². The number of nitrogens with zero attached hydrogens (tertiary/aromatic N) is 1. The van der Waals surface area contributed by atoms with Gasteiger partial charge in [0.1, 0.15) is 17.4 Å². The molecule has 30 heavy (non-hydrogen) atoms. The molecule has 0 bridgehead atoms. The van der Waals surface area contributed by atoms with Crippen LogP contribution in [-0.4, -0.2) is 31.1 Å². The van der Waals surface area contributed by atoms with Gasteiger partial charge < -0.3 is 20.7 Å². The van der Waals surface area contributed by atoms with Crippen LogP contribution in [0.5, 0.6) is 5.75 Å². The van der Waals surface area contributed by atoms with E-state index in [1.807, 2.05) is 25.1 Å². The summed E-state index contributed by atoms with van der Waals surface area (Å²) in [4.78, 5) is 16.2. The monoisotopic (exact) mass is 416 g/mol. The van der Waals surface area contributed by atoms with E-state index < -0.39 is 11.6 Å². The van der Waals surface area contributed by atoms with Crippen LogP contribution >= 0.6 is 0 Å². The molecule has 0 heterocycles. The number of nitrogens with one attached hydrogen (secondary N) is 3. The van der Waals surface area contributed by atoms with Gasteiger partial charge in [0.05, 0.1) is 6.54 Å². The summed E-state index contributed by atoms with van der Waals surface area (Å²) in [6.07, 6.45) is 2.07. The fraction of sp³-hybridized carbons (Fsp3) is 0.364. The summed E-state index contributed by atoms with van der Waals surface area (Å²) >= 11 is 0. The van der Waals surface area contributed by atoms with E-state index in [4.69, 9.17) is 4.74 Å². The molecular formula is C22H26F2N4O2. The van der Waals surface area contributed by atoms with Crippen molar-refractivity contribution in [3.8, 4) is 5.75 Å². The van der Waals surface area contributed by atoms with Gasteiger partial charge in [-0.25, -0.2) is 13.8 Å². The van der Waals surface area contributed by atoms with Crippen molar-refractivity contribution in [2.45, 2.75) is 38.9 Å². The molecule has 8 heteroatoms. The Morgan fingerprint density at radius 2 is 2.00 bits per heavy atom. The molecule has 160 valence electrons. The van der Waals surface area contributed by atoms with Crippen molar-refractivity contribution in [1.82, 2.24) is 16.0 Å². The molecule has 1 amide bonds. The van der Waals surface area contributed by atoms with Gasteiger partial charge in [0.25, 0.3) is 5.91 Å². The Labute approximate surface area is 174 Å². The van der Waals surface area contributed by atoms with E-state index in [9.17, 15) is 13.6 Å². The van der Waals surface area contributed by atoms with Crippen molar-refractivity contribution < 1.29 is 18.3 Å². The molecule has 0 aliphatic heterocycles. The topological polar surface area (TPSA) is 74.8 Å². The minimum atomic E-state index is -0.488. The van der Waals surface area contributed by atoms with Crippen molar-refractivity contribution in [1.29, 1.82) is 0 Å². The number of hydrogen-bond donors (Lipinski definition) is 3. The first-order valence-corrected chi connectivity index (χ1v) is 10.0. The molecule has 0 aromatic heterocycles. The Balaban J connectivity index is 1.55. The van der Waals surface area contributed by atoms with Crippen LogP contribution in [0, 0.1) is 11.6 Å². The highest BCUT2D eigenvalue weighted by molar-refractivity contribution is 5.79. The lowest BCUT2D eigenvalue weighted by molar-refractivity contribution is -0.123. The number of rotatable bonds is 9. The maximum Gasteiger partial charge on any atom is 0.258 e. The first kappa shape index (κ1) is 21.5. The summed E-state index contributed by atoms with van der Waals surface area (Å²) < 4.78 is 32.7. The minimum Gasteiger partial charge on any atom is -0.484 e. The lowest BCUT2D eigenvalue weighted by atomic mass is 10.2. The summed E-state index contributed by atoms with van der Waals surface area (Å²) in [5.74, 6) is -0.0121. The second kappa shape index (κ2) is 10.6. The van der Waals surface area contributed by atoms with E-state index >= 15 is 0 Å². The number of aliphatic imine (C=N–C) groups is 1. The highest BCUT2D eigenvalue weighted by Crippen LogP contribution is 2.19. The van der Waals surface area contributed by atoms with Gasteiger partial charge in [-0.15, -0.1) is 0 Å². The van der Waals surface area contributed by atoms with Crippen LogP contribution in [0.4, 0.5) is 8.78 Å². The van der Waals surface area contributed by atoms with Crippen LogP contribution < -0.4 is 20.7 Å². The highest BCUT2D eigenvalue weighted by Gasteiger charge is 2.23. The molecule has 3 N–H and O–H groups in total. The molecule has 1 saturated carbocycles. The third-order valence-electron chi connectivity index (χ3n) is 4.43. The van der Waals surface area contributed by atoms with Gasteiger partial charge in [0.2, 0.25) is 0 Å². The lowest BCUT2D eigenvalue weighted by Gasteiger charge is -2.12. The second-order valence-electron chi connectivity index (χ2n) is 7.06. The molecule has 1 aliphatic rings. The van der Waals surface area contributed by atoms with E-state index in [-0.39, 0.29) is 24.6 Å². The van der Waals surface area contributed by atoms with Crippen LogP contribution in [0.15, 0.2) is 47.5 Å². The van der Waals surface area contributed by atoms with Crippen molar-refractivity contribution >= 4 is 11.9 Å². The van der Waals surface area contributed by atoms with Gasteiger partial charge in [0.15, 0.2) is 12.6 Å². The van der Waals surface area contributed by atoms with Crippen molar-refractivity contribution in [3.05, 3.63) is 65.2 Å². The van der Waals surface area contributed by atoms with Crippen LogP contribution in [0.25, 0.3) is 0 Å². The van der Waals surface area contributed by atoms with Gasteiger partial charge in [-0.2, -0.15) is 0 Å². The SMILES string of the molecule is CCNC(=NCc1cccc(OCC(=O)NC2CC2)c1)NCc1cc(F)ccc1F.